The fourth-order valence-electron chi connectivity index (χ4n) is 2.75. The first-order chi connectivity index (χ1) is 9.86. The summed E-state index contributed by atoms with van der Waals surface area (Å²) in [5.41, 5.74) is 0. The smallest absolute Gasteiger partial charge is 0.307 e. The number of amides is 2. The van der Waals surface area contributed by atoms with E-state index in [1.807, 2.05) is 6.92 Å². The lowest BCUT2D eigenvalue weighted by Crippen LogP contribution is -2.40. The number of nitrogens with one attached hydrogen (secondary N) is 2. The number of rotatable bonds is 7. The van der Waals surface area contributed by atoms with Crippen LogP contribution >= 0.6 is 0 Å². The predicted octanol–water partition coefficient (Wildman–Crippen LogP) is 1.01. The molecule has 0 spiro atoms. The summed E-state index contributed by atoms with van der Waals surface area (Å²) in [4.78, 5) is 34.7. The highest BCUT2D eigenvalue weighted by atomic mass is 16.4. The molecule has 2 amide bonds. The standard InChI is InChI=1S/C15H26N2O4/c1-4-10-7-11(12(8-10)15(20)21)14(19)17-6-5-16-13(18)9(2)3/h9-12H,4-8H2,1-3H3,(H,16,18)(H,17,19)(H,20,21). The van der Waals surface area contributed by atoms with E-state index in [1.165, 1.54) is 0 Å². The highest BCUT2D eigenvalue weighted by Gasteiger charge is 2.41. The number of aliphatic carboxylic acids is 1. The van der Waals surface area contributed by atoms with Gasteiger partial charge in [-0.15, -0.1) is 0 Å². The van der Waals surface area contributed by atoms with E-state index >= 15 is 0 Å². The van der Waals surface area contributed by atoms with Gasteiger partial charge in [0.1, 0.15) is 0 Å². The number of carbonyl (C=O) groups is 3. The van der Waals surface area contributed by atoms with Gasteiger partial charge in [-0.1, -0.05) is 27.2 Å². The van der Waals surface area contributed by atoms with Gasteiger partial charge in [0, 0.05) is 19.0 Å². The monoisotopic (exact) mass is 298 g/mol. The van der Waals surface area contributed by atoms with E-state index in [2.05, 4.69) is 10.6 Å². The molecular formula is C15H26N2O4. The topological polar surface area (TPSA) is 95.5 Å². The van der Waals surface area contributed by atoms with Gasteiger partial charge in [-0.25, -0.2) is 0 Å². The van der Waals surface area contributed by atoms with Crippen molar-refractivity contribution in [2.45, 2.75) is 40.0 Å². The molecule has 1 aliphatic carbocycles. The Morgan fingerprint density at radius 1 is 1.10 bits per heavy atom. The van der Waals surface area contributed by atoms with E-state index in [-0.39, 0.29) is 17.7 Å². The first-order valence-corrected chi connectivity index (χ1v) is 7.65. The Bertz CT molecular complexity index is 395. The zero-order chi connectivity index (χ0) is 16.0. The summed E-state index contributed by atoms with van der Waals surface area (Å²) in [6.45, 7) is 6.32. The zero-order valence-corrected chi connectivity index (χ0v) is 13.0. The minimum absolute atomic E-state index is 0.0559. The Morgan fingerprint density at radius 2 is 1.67 bits per heavy atom. The summed E-state index contributed by atoms with van der Waals surface area (Å²) in [5.74, 6) is -1.97. The molecule has 0 aromatic heterocycles. The molecule has 6 heteroatoms. The van der Waals surface area contributed by atoms with Crippen LogP contribution in [0.15, 0.2) is 0 Å². The molecule has 0 radical (unpaired) electrons. The highest BCUT2D eigenvalue weighted by molar-refractivity contribution is 5.85. The molecule has 1 fully saturated rings. The predicted molar refractivity (Wildman–Crippen MR) is 78.5 cm³/mol. The summed E-state index contributed by atoms with van der Waals surface area (Å²) in [6, 6.07) is 0. The van der Waals surface area contributed by atoms with Crippen molar-refractivity contribution in [2.75, 3.05) is 13.1 Å². The quantitative estimate of drug-likeness (QED) is 0.611. The van der Waals surface area contributed by atoms with Gasteiger partial charge >= 0.3 is 5.97 Å². The minimum Gasteiger partial charge on any atom is -0.481 e. The van der Waals surface area contributed by atoms with Crippen molar-refractivity contribution in [1.82, 2.24) is 10.6 Å². The second-order valence-corrected chi connectivity index (χ2v) is 6.03. The SMILES string of the molecule is CCC1CC(C(=O)O)C(C(=O)NCCNC(=O)C(C)C)C1. The fraction of sp³-hybridized carbons (Fsp3) is 0.800. The van der Waals surface area contributed by atoms with E-state index in [1.54, 1.807) is 13.8 Å². The molecular weight excluding hydrogens is 272 g/mol. The Hall–Kier alpha value is -1.59. The lowest BCUT2D eigenvalue weighted by atomic mass is 9.95. The Kier molecular flexibility index (Phi) is 6.65. The van der Waals surface area contributed by atoms with Gasteiger partial charge in [-0.05, 0) is 18.8 Å². The largest absolute Gasteiger partial charge is 0.481 e. The third-order valence-corrected chi connectivity index (χ3v) is 4.14. The van der Waals surface area contributed by atoms with E-state index in [0.717, 1.165) is 6.42 Å². The second-order valence-electron chi connectivity index (χ2n) is 6.03. The van der Waals surface area contributed by atoms with Crippen molar-refractivity contribution in [3.05, 3.63) is 0 Å². The Labute approximate surface area is 125 Å². The molecule has 0 bridgehead atoms. The van der Waals surface area contributed by atoms with Gasteiger partial charge in [-0.3, -0.25) is 14.4 Å². The molecule has 0 heterocycles. The van der Waals surface area contributed by atoms with E-state index in [9.17, 15) is 19.5 Å². The lowest BCUT2D eigenvalue weighted by molar-refractivity contribution is -0.146. The zero-order valence-electron chi connectivity index (χ0n) is 13.0. The Morgan fingerprint density at radius 3 is 2.19 bits per heavy atom. The molecule has 6 nitrogen and oxygen atoms in total. The molecule has 3 N–H and O–H groups in total. The number of hydrogen-bond acceptors (Lipinski definition) is 3. The van der Waals surface area contributed by atoms with Crippen molar-refractivity contribution in [1.29, 1.82) is 0 Å². The van der Waals surface area contributed by atoms with Crippen molar-refractivity contribution in [3.63, 3.8) is 0 Å². The van der Waals surface area contributed by atoms with Crippen LogP contribution in [-0.4, -0.2) is 36.0 Å². The lowest BCUT2D eigenvalue weighted by Gasteiger charge is -2.16. The van der Waals surface area contributed by atoms with Crippen LogP contribution < -0.4 is 10.6 Å². The third kappa shape index (κ3) is 5.02. The van der Waals surface area contributed by atoms with Gasteiger partial charge < -0.3 is 15.7 Å². The maximum absolute atomic E-state index is 12.1. The van der Waals surface area contributed by atoms with Crippen molar-refractivity contribution in [2.24, 2.45) is 23.7 Å². The van der Waals surface area contributed by atoms with Crippen LogP contribution in [0.3, 0.4) is 0 Å². The molecule has 3 atom stereocenters. The Balaban J connectivity index is 2.40. The summed E-state index contributed by atoms with van der Waals surface area (Å²) < 4.78 is 0. The number of carbonyl (C=O) groups excluding carboxylic acids is 2. The molecule has 120 valence electrons. The van der Waals surface area contributed by atoms with Gasteiger partial charge in [0.05, 0.1) is 11.8 Å². The van der Waals surface area contributed by atoms with Crippen LogP contribution in [0.1, 0.15) is 40.0 Å². The average Bonchev–Trinajstić information content (AvgIpc) is 2.87. The average molecular weight is 298 g/mol. The number of carboxylic acid groups (broad SMARTS) is 1. The molecule has 1 saturated carbocycles. The molecule has 0 aliphatic heterocycles. The summed E-state index contributed by atoms with van der Waals surface area (Å²) in [5, 5.41) is 14.7. The summed E-state index contributed by atoms with van der Waals surface area (Å²) in [6.07, 6.45) is 2.11. The maximum Gasteiger partial charge on any atom is 0.307 e. The number of hydrogen-bond donors (Lipinski definition) is 3. The van der Waals surface area contributed by atoms with Gasteiger partial charge in [0.15, 0.2) is 0 Å². The van der Waals surface area contributed by atoms with Crippen molar-refractivity contribution in [3.8, 4) is 0 Å². The molecule has 3 unspecified atom stereocenters. The summed E-state index contributed by atoms with van der Waals surface area (Å²) >= 11 is 0. The van der Waals surface area contributed by atoms with Gasteiger partial charge in [0.2, 0.25) is 11.8 Å². The fourth-order valence-corrected chi connectivity index (χ4v) is 2.75. The van der Waals surface area contributed by atoms with Gasteiger partial charge in [-0.2, -0.15) is 0 Å². The van der Waals surface area contributed by atoms with Crippen LogP contribution in [0.2, 0.25) is 0 Å². The first kappa shape index (κ1) is 17.5. The van der Waals surface area contributed by atoms with Crippen LogP contribution in [-0.2, 0) is 14.4 Å². The number of carboxylic acids is 1. The third-order valence-electron chi connectivity index (χ3n) is 4.14. The van der Waals surface area contributed by atoms with Crippen LogP contribution in [0, 0.1) is 23.7 Å². The molecule has 1 rings (SSSR count). The van der Waals surface area contributed by atoms with Crippen LogP contribution in [0.25, 0.3) is 0 Å². The normalized spacial score (nSPS) is 24.9. The van der Waals surface area contributed by atoms with Crippen molar-refractivity contribution < 1.29 is 19.5 Å². The molecule has 21 heavy (non-hydrogen) atoms. The molecule has 0 saturated heterocycles. The molecule has 0 aromatic rings. The first-order valence-electron chi connectivity index (χ1n) is 7.65. The summed E-state index contributed by atoms with van der Waals surface area (Å²) in [7, 11) is 0. The van der Waals surface area contributed by atoms with Crippen LogP contribution in [0.4, 0.5) is 0 Å². The van der Waals surface area contributed by atoms with Crippen molar-refractivity contribution >= 4 is 17.8 Å². The maximum atomic E-state index is 12.1. The van der Waals surface area contributed by atoms with E-state index < -0.39 is 17.8 Å². The molecule has 0 aromatic carbocycles. The van der Waals surface area contributed by atoms with Crippen LogP contribution in [0.5, 0.6) is 0 Å². The van der Waals surface area contributed by atoms with Gasteiger partial charge in [0.25, 0.3) is 0 Å². The highest BCUT2D eigenvalue weighted by Crippen LogP contribution is 2.38. The second kappa shape index (κ2) is 8.00. The minimum atomic E-state index is -0.890. The molecule has 1 aliphatic rings. The van der Waals surface area contributed by atoms with E-state index in [4.69, 9.17) is 0 Å². The van der Waals surface area contributed by atoms with E-state index in [0.29, 0.717) is 31.8 Å².